The molecule has 0 saturated carbocycles. The molecule has 26 heavy (non-hydrogen) atoms. The maximum Gasteiger partial charge on any atom is 0.331 e. The van der Waals surface area contributed by atoms with E-state index in [9.17, 15) is 4.79 Å². The van der Waals surface area contributed by atoms with E-state index in [-0.39, 0.29) is 0 Å². The van der Waals surface area contributed by atoms with E-state index in [1.54, 1.807) is 6.08 Å². The van der Waals surface area contributed by atoms with E-state index in [1.807, 2.05) is 19.1 Å². The molecule has 0 spiro atoms. The molecular weight excluding hydrogens is 320 g/mol. The fourth-order valence-corrected chi connectivity index (χ4v) is 2.03. The summed E-state index contributed by atoms with van der Waals surface area (Å²) in [5.74, 6) is -0.841. The predicted octanol–water partition coefficient (Wildman–Crippen LogP) is 7.11. The van der Waals surface area contributed by atoms with Gasteiger partial charge in [-0.1, -0.05) is 92.8 Å². The first-order valence-corrected chi connectivity index (χ1v) is 9.56. The Morgan fingerprint density at radius 1 is 0.654 bits per heavy atom. The van der Waals surface area contributed by atoms with Crippen molar-refractivity contribution in [2.45, 2.75) is 58.8 Å². The van der Waals surface area contributed by atoms with E-state index in [0.29, 0.717) is 12.0 Å². The molecule has 142 valence electrons. The normalized spacial score (nSPS) is 13.7. The lowest BCUT2D eigenvalue weighted by molar-refractivity contribution is -0.132. The second-order valence-corrected chi connectivity index (χ2v) is 5.72. The van der Waals surface area contributed by atoms with Crippen LogP contribution in [0.1, 0.15) is 58.8 Å². The first-order valence-electron chi connectivity index (χ1n) is 9.56. The Hall–Kier alpha value is -2.35. The van der Waals surface area contributed by atoms with Gasteiger partial charge in [0.05, 0.1) is 0 Å². The van der Waals surface area contributed by atoms with Gasteiger partial charge in [0.2, 0.25) is 0 Å². The Morgan fingerprint density at radius 2 is 1.04 bits per heavy atom. The van der Waals surface area contributed by atoms with Crippen LogP contribution in [0.15, 0.2) is 84.6 Å². The lowest BCUT2D eigenvalue weighted by atomic mass is 10.2. The van der Waals surface area contributed by atoms with Gasteiger partial charge in [-0.25, -0.2) is 4.79 Å². The lowest BCUT2D eigenvalue weighted by Crippen LogP contribution is -1.97. The SMILES string of the molecule is CC/C=C\C/C=C\C/C=C\C/C=C\C/C=C\C/C=C/C=C(\CC)C(=O)O. The highest BCUT2D eigenvalue weighted by atomic mass is 16.4. The van der Waals surface area contributed by atoms with Gasteiger partial charge in [0, 0.05) is 5.57 Å². The molecule has 0 saturated heterocycles. The van der Waals surface area contributed by atoms with Crippen molar-refractivity contribution >= 4 is 5.97 Å². The van der Waals surface area contributed by atoms with Crippen molar-refractivity contribution in [1.29, 1.82) is 0 Å². The average Bonchev–Trinajstić information content (AvgIpc) is 2.63. The number of carbonyl (C=O) groups is 1. The van der Waals surface area contributed by atoms with Crippen LogP contribution in [0.3, 0.4) is 0 Å². The molecule has 0 rings (SSSR count). The summed E-state index contributed by atoms with van der Waals surface area (Å²) in [6.07, 6.45) is 33.6. The van der Waals surface area contributed by atoms with E-state index >= 15 is 0 Å². The number of hydrogen-bond donors (Lipinski definition) is 1. The molecule has 0 aliphatic carbocycles. The molecule has 0 aliphatic rings. The van der Waals surface area contributed by atoms with Crippen molar-refractivity contribution < 1.29 is 9.90 Å². The van der Waals surface area contributed by atoms with Crippen LogP contribution in [0.2, 0.25) is 0 Å². The Morgan fingerprint density at radius 3 is 1.38 bits per heavy atom. The minimum Gasteiger partial charge on any atom is -0.478 e. The fourth-order valence-electron chi connectivity index (χ4n) is 2.03. The van der Waals surface area contributed by atoms with Gasteiger partial charge in [-0.15, -0.1) is 0 Å². The van der Waals surface area contributed by atoms with Crippen molar-refractivity contribution in [1.82, 2.24) is 0 Å². The highest BCUT2D eigenvalue weighted by molar-refractivity contribution is 5.86. The standard InChI is InChI=1S/C24H34O2/c1-3-5-6-7-8-9-10-11-12-13-14-15-16-17-18-19-20-21-22-23(4-2)24(25)26/h5-6,8-9,11-12,14-15,17-18,20-22H,3-4,7,10,13,16,19H2,1-2H3,(H,25,26)/b6-5-,9-8-,12-11-,15-14-,18-17-,21-20+,23-22+. The van der Waals surface area contributed by atoms with Gasteiger partial charge in [0.1, 0.15) is 0 Å². The number of hydrogen-bond acceptors (Lipinski definition) is 1. The van der Waals surface area contributed by atoms with Crippen LogP contribution in [0.4, 0.5) is 0 Å². The van der Waals surface area contributed by atoms with Gasteiger partial charge < -0.3 is 5.11 Å². The molecule has 0 radical (unpaired) electrons. The summed E-state index contributed by atoms with van der Waals surface area (Å²) in [4.78, 5) is 10.8. The van der Waals surface area contributed by atoms with E-state index < -0.39 is 5.97 Å². The average molecular weight is 355 g/mol. The van der Waals surface area contributed by atoms with Crippen molar-refractivity contribution in [3.63, 3.8) is 0 Å². The van der Waals surface area contributed by atoms with Crippen LogP contribution in [0, 0.1) is 0 Å². The number of allylic oxidation sites excluding steroid dienone is 13. The van der Waals surface area contributed by atoms with Crippen LogP contribution in [-0.2, 0) is 4.79 Å². The Kier molecular flexibility index (Phi) is 17.3. The van der Waals surface area contributed by atoms with Gasteiger partial charge in [0.25, 0.3) is 0 Å². The largest absolute Gasteiger partial charge is 0.478 e. The molecule has 0 atom stereocenters. The van der Waals surface area contributed by atoms with Gasteiger partial charge in [0.15, 0.2) is 0 Å². The lowest BCUT2D eigenvalue weighted by Gasteiger charge is -1.92. The Balaban J connectivity index is 3.74. The molecule has 0 unspecified atom stereocenters. The molecular formula is C24H34O2. The molecule has 0 amide bonds. The first kappa shape index (κ1) is 23.6. The van der Waals surface area contributed by atoms with Crippen molar-refractivity contribution in [3.8, 4) is 0 Å². The third-order valence-corrected chi connectivity index (χ3v) is 3.52. The number of carboxylic acids is 1. The zero-order valence-electron chi connectivity index (χ0n) is 16.3. The third kappa shape index (κ3) is 16.5. The predicted molar refractivity (Wildman–Crippen MR) is 114 cm³/mol. The van der Waals surface area contributed by atoms with Crippen LogP contribution in [0.25, 0.3) is 0 Å². The maximum absolute atomic E-state index is 10.8. The third-order valence-electron chi connectivity index (χ3n) is 3.52. The topological polar surface area (TPSA) is 37.3 Å². The fraction of sp³-hybridized carbons (Fsp3) is 0.375. The van der Waals surface area contributed by atoms with Crippen LogP contribution in [0.5, 0.6) is 0 Å². The molecule has 2 nitrogen and oxygen atoms in total. The minimum atomic E-state index is -0.841. The van der Waals surface area contributed by atoms with E-state index in [4.69, 9.17) is 5.11 Å². The quantitative estimate of drug-likeness (QED) is 0.205. The number of carboxylic acid groups (broad SMARTS) is 1. The molecule has 0 aromatic heterocycles. The minimum absolute atomic E-state index is 0.435. The van der Waals surface area contributed by atoms with E-state index in [2.05, 4.69) is 67.7 Å². The summed E-state index contributed by atoms with van der Waals surface area (Å²) in [6.45, 7) is 3.99. The molecule has 0 aromatic rings. The Labute approximate surface area is 159 Å². The second kappa shape index (κ2) is 19.0. The van der Waals surface area contributed by atoms with E-state index in [0.717, 1.165) is 38.5 Å². The first-order chi connectivity index (χ1) is 12.7. The summed E-state index contributed by atoms with van der Waals surface area (Å²) in [5.41, 5.74) is 0.435. The summed E-state index contributed by atoms with van der Waals surface area (Å²) in [5, 5.41) is 8.88. The van der Waals surface area contributed by atoms with E-state index in [1.165, 1.54) is 0 Å². The summed E-state index contributed by atoms with van der Waals surface area (Å²) >= 11 is 0. The van der Waals surface area contributed by atoms with Crippen LogP contribution in [-0.4, -0.2) is 11.1 Å². The maximum atomic E-state index is 10.8. The number of aliphatic carboxylic acids is 1. The highest BCUT2D eigenvalue weighted by Crippen LogP contribution is 2.01. The van der Waals surface area contributed by atoms with Crippen LogP contribution >= 0.6 is 0 Å². The van der Waals surface area contributed by atoms with Crippen molar-refractivity contribution in [2.75, 3.05) is 0 Å². The van der Waals surface area contributed by atoms with Gasteiger partial charge in [-0.2, -0.15) is 0 Å². The van der Waals surface area contributed by atoms with Crippen molar-refractivity contribution in [3.05, 3.63) is 84.6 Å². The Bertz CT molecular complexity index is 555. The molecule has 0 fully saturated rings. The smallest absolute Gasteiger partial charge is 0.331 e. The van der Waals surface area contributed by atoms with Gasteiger partial charge in [-0.3, -0.25) is 0 Å². The second-order valence-electron chi connectivity index (χ2n) is 5.72. The van der Waals surface area contributed by atoms with Gasteiger partial charge >= 0.3 is 5.97 Å². The molecule has 0 aromatic carbocycles. The summed E-state index contributed by atoms with van der Waals surface area (Å²) in [7, 11) is 0. The molecule has 0 bridgehead atoms. The summed E-state index contributed by atoms with van der Waals surface area (Å²) in [6, 6.07) is 0. The number of rotatable bonds is 14. The molecule has 0 heterocycles. The van der Waals surface area contributed by atoms with Gasteiger partial charge in [-0.05, 0) is 44.9 Å². The molecule has 1 N–H and O–H groups in total. The molecule has 0 aliphatic heterocycles. The van der Waals surface area contributed by atoms with Crippen molar-refractivity contribution in [2.24, 2.45) is 0 Å². The van der Waals surface area contributed by atoms with Crippen LogP contribution < -0.4 is 0 Å². The molecule has 2 heteroatoms. The zero-order valence-corrected chi connectivity index (χ0v) is 16.3. The monoisotopic (exact) mass is 354 g/mol. The highest BCUT2D eigenvalue weighted by Gasteiger charge is 2.00. The zero-order chi connectivity index (χ0) is 19.3. The summed E-state index contributed by atoms with van der Waals surface area (Å²) < 4.78 is 0.